The van der Waals surface area contributed by atoms with Crippen molar-refractivity contribution >= 4 is 11.7 Å². The number of hydrogen-bond acceptors (Lipinski definition) is 3. The number of halogens is 1. The number of carbonyl (C=O) groups is 2. The molecule has 3 rings (SSSR count). The first-order chi connectivity index (χ1) is 11.0. The molecule has 1 aliphatic heterocycles. The Bertz CT molecular complexity index is 769. The minimum atomic E-state index is -1.08. The van der Waals surface area contributed by atoms with Crippen LogP contribution in [0.1, 0.15) is 16.8 Å². The van der Waals surface area contributed by atoms with Crippen LogP contribution in [0.15, 0.2) is 48.5 Å². The van der Waals surface area contributed by atoms with Gasteiger partial charge in [-0.05, 0) is 36.2 Å². The smallest absolute Gasteiger partial charge is 0.238 e. The molecule has 3 N–H and O–H groups in total. The molecule has 0 aliphatic carbocycles. The van der Waals surface area contributed by atoms with Crippen LogP contribution in [0.2, 0.25) is 0 Å². The minimum absolute atomic E-state index is 0.309. The van der Waals surface area contributed by atoms with E-state index in [1.165, 1.54) is 18.6 Å². The van der Waals surface area contributed by atoms with Gasteiger partial charge in [0.05, 0.1) is 6.42 Å². The van der Waals surface area contributed by atoms with Gasteiger partial charge in [-0.2, -0.15) is 0 Å². The number of nitrogens with two attached hydrogens (primary N) is 1. The van der Waals surface area contributed by atoms with Gasteiger partial charge in [0.15, 0.2) is 5.78 Å². The number of hydrogen-bond donors (Lipinski definition) is 2. The molecule has 1 saturated heterocycles. The predicted molar refractivity (Wildman–Crippen MR) is 85.0 cm³/mol. The Morgan fingerprint density at radius 3 is 2.52 bits per heavy atom. The molecule has 1 atom stereocenters. The third-order valence-electron chi connectivity index (χ3n) is 4.11. The van der Waals surface area contributed by atoms with E-state index >= 15 is 0 Å². The van der Waals surface area contributed by atoms with Crippen molar-refractivity contribution in [3.05, 3.63) is 66.3 Å². The standard InChI is InChI=1S/C18H16FN2O2/c19-13-5-3-4-12(10-13)14-6-1-2-7-15(14)16(22)11-18(17(20)23)8-9-21-18/h1-7,10-11,21H,8-9H2,(H2,20,23). The second-order valence-corrected chi connectivity index (χ2v) is 5.58. The van der Waals surface area contributed by atoms with E-state index in [2.05, 4.69) is 5.32 Å². The zero-order valence-electron chi connectivity index (χ0n) is 12.4. The van der Waals surface area contributed by atoms with E-state index in [-0.39, 0.29) is 11.6 Å². The monoisotopic (exact) mass is 311 g/mol. The van der Waals surface area contributed by atoms with Crippen molar-refractivity contribution in [2.75, 3.05) is 6.54 Å². The molecule has 1 unspecified atom stereocenters. The lowest BCUT2D eigenvalue weighted by Crippen LogP contribution is -2.65. The van der Waals surface area contributed by atoms with Crippen molar-refractivity contribution in [1.82, 2.24) is 5.32 Å². The topological polar surface area (TPSA) is 72.2 Å². The second kappa shape index (κ2) is 5.93. The molecule has 0 saturated carbocycles. The highest BCUT2D eigenvalue weighted by Crippen LogP contribution is 2.29. The average molecular weight is 311 g/mol. The summed E-state index contributed by atoms with van der Waals surface area (Å²) in [6.07, 6.45) is 1.83. The van der Waals surface area contributed by atoms with Gasteiger partial charge in [-0.15, -0.1) is 0 Å². The third kappa shape index (κ3) is 2.87. The van der Waals surface area contributed by atoms with E-state index in [9.17, 15) is 14.0 Å². The van der Waals surface area contributed by atoms with Gasteiger partial charge in [0, 0.05) is 5.56 Å². The van der Waals surface area contributed by atoms with Crippen LogP contribution in [0.25, 0.3) is 11.1 Å². The average Bonchev–Trinajstić information content (AvgIpc) is 2.50. The summed E-state index contributed by atoms with van der Waals surface area (Å²) < 4.78 is 13.5. The molecule has 1 aliphatic rings. The van der Waals surface area contributed by atoms with E-state index in [0.29, 0.717) is 29.7 Å². The second-order valence-electron chi connectivity index (χ2n) is 5.58. The molecule has 2 aromatic rings. The van der Waals surface area contributed by atoms with Crippen LogP contribution in [-0.2, 0) is 4.79 Å². The summed E-state index contributed by atoms with van der Waals surface area (Å²) in [5.41, 5.74) is 5.95. The molecule has 1 radical (unpaired) electrons. The van der Waals surface area contributed by atoms with Crippen LogP contribution < -0.4 is 11.1 Å². The first-order valence-electron chi connectivity index (χ1n) is 7.32. The van der Waals surface area contributed by atoms with Crippen molar-refractivity contribution in [3.8, 4) is 11.1 Å². The SMILES string of the molecule is NC(=O)C1([CH]C(=O)c2ccccc2-c2cccc(F)c2)CCN1. The maximum absolute atomic E-state index is 13.5. The Morgan fingerprint density at radius 2 is 1.91 bits per heavy atom. The summed E-state index contributed by atoms with van der Waals surface area (Å²) in [7, 11) is 0. The fourth-order valence-corrected chi connectivity index (χ4v) is 2.71. The molecule has 4 nitrogen and oxygen atoms in total. The largest absolute Gasteiger partial charge is 0.368 e. The highest BCUT2D eigenvalue weighted by atomic mass is 19.1. The van der Waals surface area contributed by atoms with Gasteiger partial charge in [0.2, 0.25) is 5.91 Å². The molecule has 1 heterocycles. The van der Waals surface area contributed by atoms with Gasteiger partial charge >= 0.3 is 0 Å². The number of benzene rings is 2. The van der Waals surface area contributed by atoms with E-state index in [4.69, 9.17) is 5.73 Å². The molecular formula is C18H16FN2O2. The van der Waals surface area contributed by atoms with Gasteiger partial charge in [-0.25, -0.2) is 4.39 Å². The molecule has 1 fully saturated rings. The summed E-state index contributed by atoms with van der Waals surface area (Å²) in [5.74, 6) is -1.25. The molecule has 0 aromatic heterocycles. The summed E-state index contributed by atoms with van der Waals surface area (Å²) in [4.78, 5) is 24.2. The maximum atomic E-state index is 13.5. The molecule has 117 valence electrons. The molecule has 0 bridgehead atoms. The van der Waals surface area contributed by atoms with E-state index < -0.39 is 11.4 Å². The molecule has 0 spiro atoms. The van der Waals surface area contributed by atoms with Crippen LogP contribution in [0.5, 0.6) is 0 Å². The summed E-state index contributed by atoms with van der Waals surface area (Å²) in [5, 5.41) is 2.92. The van der Waals surface area contributed by atoms with Crippen molar-refractivity contribution < 1.29 is 14.0 Å². The fourth-order valence-electron chi connectivity index (χ4n) is 2.71. The number of amides is 1. The summed E-state index contributed by atoms with van der Waals surface area (Å²) in [6, 6.07) is 13.0. The van der Waals surface area contributed by atoms with Gasteiger partial charge < -0.3 is 11.1 Å². The highest BCUT2D eigenvalue weighted by Gasteiger charge is 2.44. The third-order valence-corrected chi connectivity index (χ3v) is 4.11. The number of carbonyl (C=O) groups excluding carboxylic acids is 2. The Labute approximate surface area is 133 Å². The Balaban J connectivity index is 1.94. The van der Waals surface area contributed by atoms with Crippen LogP contribution in [0.4, 0.5) is 4.39 Å². The van der Waals surface area contributed by atoms with Crippen molar-refractivity contribution in [1.29, 1.82) is 0 Å². The predicted octanol–water partition coefficient (Wildman–Crippen LogP) is 2.10. The van der Waals surface area contributed by atoms with Crippen LogP contribution >= 0.6 is 0 Å². The van der Waals surface area contributed by atoms with E-state index in [1.54, 1.807) is 36.4 Å². The lowest BCUT2D eigenvalue weighted by Gasteiger charge is -2.39. The molecule has 1 amide bonds. The quantitative estimate of drug-likeness (QED) is 0.831. The van der Waals surface area contributed by atoms with Crippen LogP contribution in [0.3, 0.4) is 0 Å². The van der Waals surface area contributed by atoms with Crippen molar-refractivity contribution in [3.63, 3.8) is 0 Å². The van der Waals surface area contributed by atoms with Crippen molar-refractivity contribution in [2.45, 2.75) is 12.0 Å². The summed E-state index contributed by atoms with van der Waals surface area (Å²) in [6.45, 7) is 0.637. The highest BCUT2D eigenvalue weighted by molar-refractivity contribution is 6.11. The number of ketones is 1. The molecule has 2 aromatic carbocycles. The Kier molecular flexibility index (Phi) is 3.96. The zero-order valence-corrected chi connectivity index (χ0v) is 12.4. The zero-order chi connectivity index (χ0) is 16.4. The fraction of sp³-hybridized carbons (Fsp3) is 0.167. The van der Waals surface area contributed by atoms with Crippen LogP contribution in [-0.4, -0.2) is 23.8 Å². The lowest BCUT2D eigenvalue weighted by molar-refractivity contribution is -0.125. The minimum Gasteiger partial charge on any atom is -0.368 e. The van der Waals surface area contributed by atoms with Crippen LogP contribution in [0, 0.1) is 12.2 Å². The maximum Gasteiger partial charge on any atom is 0.238 e. The van der Waals surface area contributed by atoms with Gasteiger partial charge in [0.25, 0.3) is 0 Å². The first kappa shape index (κ1) is 15.4. The summed E-state index contributed by atoms with van der Waals surface area (Å²) >= 11 is 0. The molecule has 5 heteroatoms. The van der Waals surface area contributed by atoms with E-state index in [0.717, 1.165) is 0 Å². The molecular weight excluding hydrogens is 295 g/mol. The number of primary amides is 1. The van der Waals surface area contributed by atoms with Gasteiger partial charge in [0.1, 0.15) is 11.4 Å². The van der Waals surface area contributed by atoms with Gasteiger partial charge in [-0.1, -0.05) is 36.4 Å². The first-order valence-corrected chi connectivity index (χ1v) is 7.32. The van der Waals surface area contributed by atoms with Crippen molar-refractivity contribution in [2.24, 2.45) is 5.73 Å². The Morgan fingerprint density at radius 1 is 1.17 bits per heavy atom. The van der Waals surface area contributed by atoms with Gasteiger partial charge in [-0.3, -0.25) is 9.59 Å². The number of nitrogens with one attached hydrogen (secondary N) is 1. The number of Topliss-reactive ketones (excluding diaryl/α,β-unsaturated/α-hetero) is 1. The lowest BCUT2D eigenvalue weighted by atomic mass is 9.80. The normalized spacial score (nSPS) is 19.9. The number of rotatable bonds is 5. The molecule has 23 heavy (non-hydrogen) atoms. The Hall–Kier alpha value is -2.53. The van der Waals surface area contributed by atoms with E-state index in [1.807, 2.05) is 0 Å².